The number of nitrogens with two attached hydrogens (primary N) is 1. The molecule has 26 heavy (non-hydrogen) atoms. The van der Waals surface area contributed by atoms with Crippen LogP contribution in [0.2, 0.25) is 0 Å². The molecule has 2 aromatic rings. The molecule has 3 nitrogen and oxygen atoms in total. The van der Waals surface area contributed by atoms with Crippen LogP contribution in [0.3, 0.4) is 0 Å². The highest BCUT2D eigenvalue weighted by Gasteiger charge is 2.32. The largest absolute Gasteiger partial charge is 0.336 e. The summed E-state index contributed by atoms with van der Waals surface area (Å²) in [5.41, 5.74) is 7.67. The molecule has 0 saturated carbocycles. The molecule has 2 aromatic carbocycles. The highest BCUT2D eigenvalue weighted by atomic mass is 35.5. The van der Waals surface area contributed by atoms with Crippen molar-refractivity contribution in [2.75, 3.05) is 13.1 Å². The third-order valence-electron chi connectivity index (χ3n) is 4.95. The molecule has 0 bridgehead atoms. The number of hydrogen-bond donors (Lipinski definition) is 1. The minimum Gasteiger partial charge on any atom is -0.336 e. The second kappa shape index (κ2) is 8.14. The predicted octanol–water partition coefficient (Wildman–Crippen LogP) is 4.17. The van der Waals surface area contributed by atoms with Crippen molar-refractivity contribution in [1.82, 2.24) is 4.90 Å². The second-order valence-electron chi connectivity index (χ2n) is 6.80. The van der Waals surface area contributed by atoms with Crippen LogP contribution in [0.4, 0.5) is 8.78 Å². The zero-order valence-electron chi connectivity index (χ0n) is 14.8. The van der Waals surface area contributed by atoms with E-state index in [2.05, 4.69) is 0 Å². The molecule has 2 atom stereocenters. The van der Waals surface area contributed by atoms with E-state index in [9.17, 15) is 13.6 Å². The molecular weight excluding hydrogens is 358 g/mol. The smallest absolute Gasteiger partial charge is 0.254 e. The molecule has 6 heteroatoms. The number of carbonyl (C=O) groups is 1. The number of rotatable bonds is 3. The Balaban J connectivity index is 0.00000243. The summed E-state index contributed by atoms with van der Waals surface area (Å²) in [6.07, 6.45) is 0.873. The van der Waals surface area contributed by atoms with Gasteiger partial charge in [0.2, 0.25) is 0 Å². The molecule has 0 aliphatic carbocycles. The average Bonchev–Trinajstić information content (AvgIpc) is 2.96. The molecule has 0 aromatic heterocycles. The maximum absolute atomic E-state index is 14.6. The first-order valence-electron chi connectivity index (χ1n) is 8.47. The fourth-order valence-corrected chi connectivity index (χ4v) is 3.56. The van der Waals surface area contributed by atoms with Crippen LogP contribution in [0, 0.1) is 24.5 Å². The van der Waals surface area contributed by atoms with E-state index in [-0.39, 0.29) is 30.2 Å². The third-order valence-corrected chi connectivity index (χ3v) is 4.95. The quantitative estimate of drug-likeness (QED) is 0.868. The second-order valence-corrected chi connectivity index (χ2v) is 6.80. The van der Waals surface area contributed by atoms with E-state index in [1.54, 1.807) is 30.0 Å². The molecule has 140 valence electrons. The van der Waals surface area contributed by atoms with Crippen LogP contribution in [0.1, 0.15) is 29.3 Å². The Hall–Kier alpha value is -1.98. The zero-order valence-corrected chi connectivity index (χ0v) is 15.7. The van der Waals surface area contributed by atoms with E-state index in [4.69, 9.17) is 5.73 Å². The van der Waals surface area contributed by atoms with Crippen molar-refractivity contribution in [2.24, 2.45) is 11.7 Å². The van der Waals surface area contributed by atoms with Crippen molar-refractivity contribution in [3.05, 3.63) is 59.2 Å². The van der Waals surface area contributed by atoms with E-state index < -0.39 is 5.82 Å². The lowest BCUT2D eigenvalue weighted by molar-refractivity contribution is 0.0743. The van der Waals surface area contributed by atoms with Crippen molar-refractivity contribution in [3.63, 3.8) is 0 Å². The van der Waals surface area contributed by atoms with Crippen LogP contribution in [-0.2, 0) is 0 Å². The van der Waals surface area contributed by atoms with Gasteiger partial charge in [-0.15, -0.1) is 12.4 Å². The van der Waals surface area contributed by atoms with E-state index in [0.29, 0.717) is 41.3 Å². The van der Waals surface area contributed by atoms with Gasteiger partial charge in [0.05, 0.1) is 0 Å². The molecule has 1 aliphatic rings. The Morgan fingerprint density at radius 2 is 1.88 bits per heavy atom. The Kier molecular flexibility index (Phi) is 6.37. The van der Waals surface area contributed by atoms with Gasteiger partial charge in [0, 0.05) is 23.7 Å². The van der Waals surface area contributed by atoms with Crippen LogP contribution in [-0.4, -0.2) is 29.9 Å². The molecule has 2 N–H and O–H groups in total. The molecule has 1 heterocycles. The molecule has 0 radical (unpaired) electrons. The summed E-state index contributed by atoms with van der Waals surface area (Å²) >= 11 is 0. The van der Waals surface area contributed by atoms with E-state index >= 15 is 0 Å². The SMILES string of the molecule is Cc1cc(F)ccc1-c1ccc(C(=O)N2CC(CN)CC2C)cc1F.Cl. The summed E-state index contributed by atoms with van der Waals surface area (Å²) in [5, 5.41) is 0. The minimum atomic E-state index is -0.484. The topological polar surface area (TPSA) is 46.3 Å². The van der Waals surface area contributed by atoms with Gasteiger partial charge < -0.3 is 10.6 Å². The number of benzene rings is 2. The van der Waals surface area contributed by atoms with Crippen molar-refractivity contribution in [3.8, 4) is 11.1 Å². The van der Waals surface area contributed by atoms with Gasteiger partial charge in [0.25, 0.3) is 5.91 Å². The number of aryl methyl sites for hydroxylation is 1. The number of carbonyl (C=O) groups excluding carboxylic acids is 1. The Bertz CT molecular complexity index is 812. The number of likely N-dealkylation sites (tertiary alicyclic amines) is 1. The highest BCUT2D eigenvalue weighted by Crippen LogP contribution is 2.29. The molecule has 0 spiro atoms. The summed E-state index contributed by atoms with van der Waals surface area (Å²) in [6, 6.07) is 8.81. The maximum Gasteiger partial charge on any atom is 0.254 e. The van der Waals surface area contributed by atoms with Crippen molar-refractivity contribution >= 4 is 18.3 Å². The van der Waals surface area contributed by atoms with Crippen LogP contribution >= 0.6 is 12.4 Å². The molecule has 1 saturated heterocycles. The molecule has 1 aliphatic heterocycles. The van der Waals surface area contributed by atoms with Crippen molar-refractivity contribution in [2.45, 2.75) is 26.3 Å². The van der Waals surface area contributed by atoms with Crippen LogP contribution in [0.5, 0.6) is 0 Å². The van der Waals surface area contributed by atoms with E-state index in [0.717, 1.165) is 6.42 Å². The standard InChI is InChI=1S/C20H22F2N2O.ClH/c1-12-7-16(21)4-6-17(12)18-5-3-15(9-19(18)22)20(25)24-11-14(10-23)8-13(24)2;/h3-7,9,13-14H,8,10-11,23H2,1-2H3;1H. The maximum atomic E-state index is 14.6. The Labute approximate surface area is 158 Å². The molecular formula is C20H23ClF2N2O. The number of amides is 1. The number of hydrogen-bond acceptors (Lipinski definition) is 2. The Morgan fingerprint density at radius 3 is 2.46 bits per heavy atom. The number of halogens is 3. The summed E-state index contributed by atoms with van der Waals surface area (Å²) < 4.78 is 27.9. The van der Waals surface area contributed by atoms with Crippen LogP contribution in [0.25, 0.3) is 11.1 Å². The molecule has 1 fully saturated rings. The zero-order chi connectivity index (χ0) is 18.1. The van der Waals surface area contributed by atoms with Gasteiger partial charge in [-0.3, -0.25) is 4.79 Å². The first-order chi connectivity index (χ1) is 11.9. The first-order valence-corrected chi connectivity index (χ1v) is 8.47. The van der Waals surface area contributed by atoms with Gasteiger partial charge in [-0.25, -0.2) is 8.78 Å². The normalized spacial score (nSPS) is 19.3. The minimum absolute atomic E-state index is 0. The van der Waals surface area contributed by atoms with Gasteiger partial charge in [-0.05, 0) is 68.1 Å². The first kappa shape index (κ1) is 20.3. The summed E-state index contributed by atoms with van der Waals surface area (Å²) in [4.78, 5) is 14.5. The summed E-state index contributed by atoms with van der Waals surface area (Å²) in [6.45, 7) is 4.87. The summed E-state index contributed by atoms with van der Waals surface area (Å²) in [7, 11) is 0. The number of nitrogens with zero attached hydrogens (tertiary/aromatic N) is 1. The molecule has 3 rings (SSSR count). The molecule has 1 amide bonds. The fourth-order valence-electron chi connectivity index (χ4n) is 3.56. The lowest BCUT2D eigenvalue weighted by atomic mass is 9.98. The van der Waals surface area contributed by atoms with E-state index in [1.807, 2.05) is 6.92 Å². The average molecular weight is 381 g/mol. The highest BCUT2D eigenvalue weighted by molar-refractivity contribution is 5.95. The van der Waals surface area contributed by atoms with Gasteiger partial charge in [-0.2, -0.15) is 0 Å². The lowest BCUT2D eigenvalue weighted by Gasteiger charge is -2.22. The molecule has 2 unspecified atom stereocenters. The van der Waals surface area contributed by atoms with Crippen molar-refractivity contribution < 1.29 is 13.6 Å². The fraction of sp³-hybridized carbons (Fsp3) is 0.350. The third kappa shape index (κ3) is 3.89. The Morgan fingerprint density at radius 1 is 1.19 bits per heavy atom. The van der Waals surface area contributed by atoms with Gasteiger partial charge in [0.15, 0.2) is 0 Å². The van der Waals surface area contributed by atoms with Gasteiger partial charge >= 0.3 is 0 Å². The van der Waals surface area contributed by atoms with Crippen molar-refractivity contribution in [1.29, 1.82) is 0 Å². The van der Waals surface area contributed by atoms with Crippen LogP contribution < -0.4 is 5.73 Å². The lowest BCUT2D eigenvalue weighted by Crippen LogP contribution is -2.34. The predicted molar refractivity (Wildman–Crippen MR) is 101 cm³/mol. The van der Waals surface area contributed by atoms with E-state index in [1.165, 1.54) is 18.2 Å². The van der Waals surface area contributed by atoms with Gasteiger partial charge in [-0.1, -0.05) is 12.1 Å². The van der Waals surface area contributed by atoms with Crippen LogP contribution in [0.15, 0.2) is 36.4 Å². The summed E-state index contributed by atoms with van der Waals surface area (Å²) in [5.74, 6) is -0.719. The van der Waals surface area contributed by atoms with Gasteiger partial charge in [0.1, 0.15) is 11.6 Å². The monoisotopic (exact) mass is 380 g/mol.